The molecule has 1 aromatic heterocycles. The Hall–Kier alpha value is -0.870. The maximum absolute atomic E-state index is 4.67. The van der Waals surface area contributed by atoms with E-state index in [9.17, 15) is 0 Å². The predicted molar refractivity (Wildman–Crippen MR) is 79.2 cm³/mol. The molecule has 1 atom stereocenters. The van der Waals surface area contributed by atoms with Gasteiger partial charge < -0.3 is 5.32 Å². The van der Waals surface area contributed by atoms with Crippen LogP contribution in [0.3, 0.4) is 0 Å². The van der Waals surface area contributed by atoms with E-state index in [1.165, 1.54) is 31.5 Å². The van der Waals surface area contributed by atoms with Crippen LogP contribution in [0.15, 0.2) is 12.3 Å². The fraction of sp³-hybridized carbons (Fsp3) is 0.800. The highest BCUT2D eigenvalue weighted by atomic mass is 15.3. The second kappa shape index (κ2) is 7.06. The lowest BCUT2D eigenvalue weighted by Crippen LogP contribution is -2.45. The van der Waals surface area contributed by atoms with Crippen molar-refractivity contribution in [1.29, 1.82) is 0 Å². The van der Waals surface area contributed by atoms with Crippen molar-refractivity contribution in [3.05, 3.63) is 18.0 Å². The van der Waals surface area contributed by atoms with Crippen LogP contribution in [0.25, 0.3) is 0 Å². The van der Waals surface area contributed by atoms with Crippen molar-refractivity contribution in [2.45, 2.75) is 58.7 Å². The van der Waals surface area contributed by atoms with Crippen LogP contribution in [0.5, 0.6) is 0 Å². The Kier molecular flexibility index (Phi) is 5.40. The summed E-state index contributed by atoms with van der Waals surface area (Å²) in [5.41, 5.74) is 1.21. The number of nitrogens with zero attached hydrogens (tertiary/aromatic N) is 3. The molecule has 0 aliphatic carbocycles. The van der Waals surface area contributed by atoms with E-state index in [4.69, 9.17) is 0 Å². The van der Waals surface area contributed by atoms with Gasteiger partial charge in [-0.15, -0.1) is 0 Å². The Bertz CT molecular complexity index is 372. The second-order valence-corrected chi connectivity index (χ2v) is 5.81. The number of hydrogen-bond donors (Lipinski definition) is 1. The van der Waals surface area contributed by atoms with E-state index in [0.29, 0.717) is 12.1 Å². The van der Waals surface area contributed by atoms with E-state index in [1.54, 1.807) is 0 Å². The summed E-state index contributed by atoms with van der Waals surface area (Å²) in [6.45, 7) is 10.9. The molecule has 0 saturated carbocycles. The molecule has 0 bridgehead atoms. The molecule has 1 unspecified atom stereocenters. The average Bonchev–Trinajstić information content (AvgIpc) is 2.86. The van der Waals surface area contributed by atoms with Crippen molar-refractivity contribution in [1.82, 2.24) is 20.0 Å². The number of hydrogen-bond acceptors (Lipinski definition) is 3. The van der Waals surface area contributed by atoms with Gasteiger partial charge in [-0.25, -0.2) is 0 Å². The highest BCUT2D eigenvalue weighted by Crippen LogP contribution is 2.19. The summed E-state index contributed by atoms with van der Waals surface area (Å²) < 4.78 is 2.05. The highest BCUT2D eigenvalue weighted by molar-refractivity contribution is 5.00. The first kappa shape index (κ1) is 14.5. The molecular formula is C15H28N4. The predicted octanol–water partition coefficient (Wildman–Crippen LogP) is 2.43. The molecule has 0 aromatic carbocycles. The number of nitrogens with one attached hydrogen (secondary N) is 1. The molecule has 1 saturated heterocycles. The van der Waals surface area contributed by atoms with Crippen molar-refractivity contribution in [2.24, 2.45) is 0 Å². The summed E-state index contributed by atoms with van der Waals surface area (Å²) in [7, 11) is 0. The molecule has 4 heteroatoms. The second-order valence-electron chi connectivity index (χ2n) is 5.81. The molecular weight excluding hydrogens is 236 g/mol. The van der Waals surface area contributed by atoms with Crippen LogP contribution >= 0.6 is 0 Å². The summed E-state index contributed by atoms with van der Waals surface area (Å²) in [6.07, 6.45) is 6.11. The molecule has 19 heavy (non-hydrogen) atoms. The minimum Gasteiger partial charge on any atom is -0.315 e. The number of rotatable bonds is 6. The van der Waals surface area contributed by atoms with Gasteiger partial charge in [0.25, 0.3) is 0 Å². The van der Waals surface area contributed by atoms with Crippen molar-refractivity contribution in [3.63, 3.8) is 0 Å². The third kappa shape index (κ3) is 4.05. The van der Waals surface area contributed by atoms with Gasteiger partial charge in [0, 0.05) is 31.4 Å². The molecule has 2 heterocycles. The molecule has 1 N–H and O–H groups in total. The van der Waals surface area contributed by atoms with Gasteiger partial charge in [0.05, 0.1) is 5.69 Å². The summed E-state index contributed by atoms with van der Waals surface area (Å²) in [5, 5.41) is 8.16. The van der Waals surface area contributed by atoms with Crippen LogP contribution < -0.4 is 5.32 Å². The van der Waals surface area contributed by atoms with Gasteiger partial charge in [-0.2, -0.15) is 5.10 Å². The number of piperidine rings is 1. The number of aromatic nitrogens is 2. The van der Waals surface area contributed by atoms with Crippen LogP contribution in [-0.2, 0) is 6.54 Å². The first-order chi connectivity index (χ1) is 9.20. The van der Waals surface area contributed by atoms with Crippen LogP contribution in [0, 0.1) is 0 Å². The van der Waals surface area contributed by atoms with E-state index in [0.717, 1.165) is 19.6 Å². The normalized spacial score (nSPS) is 21.2. The molecule has 1 aliphatic heterocycles. The first-order valence-electron chi connectivity index (χ1n) is 7.69. The SMILES string of the molecule is CCNCC1CCCCN1Cc1ccn(C(C)C)n1. The lowest BCUT2D eigenvalue weighted by molar-refractivity contribution is 0.136. The minimum absolute atomic E-state index is 0.452. The first-order valence-corrected chi connectivity index (χ1v) is 7.69. The summed E-state index contributed by atoms with van der Waals surface area (Å²) in [6, 6.07) is 3.30. The molecule has 108 valence electrons. The molecule has 1 aromatic rings. The van der Waals surface area contributed by atoms with E-state index < -0.39 is 0 Å². The van der Waals surface area contributed by atoms with E-state index in [2.05, 4.69) is 53.0 Å². The maximum Gasteiger partial charge on any atom is 0.0765 e. The van der Waals surface area contributed by atoms with Gasteiger partial charge in [0.1, 0.15) is 0 Å². The van der Waals surface area contributed by atoms with Gasteiger partial charge in [0.2, 0.25) is 0 Å². The van der Waals surface area contributed by atoms with Crippen molar-refractivity contribution in [2.75, 3.05) is 19.6 Å². The Morgan fingerprint density at radius 1 is 1.42 bits per heavy atom. The fourth-order valence-electron chi connectivity index (χ4n) is 2.77. The van der Waals surface area contributed by atoms with Crippen LogP contribution in [0.1, 0.15) is 51.8 Å². The lowest BCUT2D eigenvalue weighted by atomic mass is 10.0. The highest BCUT2D eigenvalue weighted by Gasteiger charge is 2.22. The number of likely N-dealkylation sites (tertiary alicyclic amines) is 1. The summed E-state index contributed by atoms with van der Waals surface area (Å²) in [5.74, 6) is 0. The van der Waals surface area contributed by atoms with Crippen LogP contribution in [-0.4, -0.2) is 40.4 Å². The van der Waals surface area contributed by atoms with Crippen molar-refractivity contribution >= 4 is 0 Å². The van der Waals surface area contributed by atoms with Crippen molar-refractivity contribution < 1.29 is 0 Å². The Morgan fingerprint density at radius 2 is 2.26 bits per heavy atom. The largest absolute Gasteiger partial charge is 0.315 e. The van der Waals surface area contributed by atoms with Gasteiger partial charge in [-0.3, -0.25) is 9.58 Å². The summed E-state index contributed by atoms with van der Waals surface area (Å²) >= 11 is 0. The van der Waals surface area contributed by atoms with E-state index in [-0.39, 0.29) is 0 Å². The van der Waals surface area contributed by atoms with Gasteiger partial charge in [-0.05, 0) is 45.8 Å². The zero-order valence-electron chi connectivity index (χ0n) is 12.6. The molecule has 4 nitrogen and oxygen atoms in total. The Labute approximate surface area is 117 Å². The Balaban J connectivity index is 1.94. The van der Waals surface area contributed by atoms with Crippen LogP contribution in [0.2, 0.25) is 0 Å². The van der Waals surface area contributed by atoms with Gasteiger partial charge in [0.15, 0.2) is 0 Å². The van der Waals surface area contributed by atoms with Crippen molar-refractivity contribution in [3.8, 4) is 0 Å². The van der Waals surface area contributed by atoms with Gasteiger partial charge >= 0.3 is 0 Å². The Morgan fingerprint density at radius 3 is 2.95 bits per heavy atom. The molecule has 0 spiro atoms. The van der Waals surface area contributed by atoms with E-state index >= 15 is 0 Å². The third-order valence-corrected chi connectivity index (χ3v) is 3.94. The fourth-order valence-corrected chi connectivity index (χ4v) is 2.77. The van der Waals surface area contributed by atoms with E-state index in [1.807, 2.05) is 0 Å². The molecule has 1 fully saturated rings. The molecule has 1 aliphatic rings. The standard InChI is InChI=1S/C15H28N4/c1-4-16-11-15-7-5-6-9-18(15)12-14-8-10-19(17-14)13(2)3/h8,10,13,15-16H,4-7,9,11-12H2,1-3H3. The quantitative estimate of drug-likeness (QED) is 0.856. The summed E-state index contributed by atoms with van der Waals surface area (Å²) in [4.78, 5) is 2.60. The lowest BCUT2D eigenvalue weighted by Gasteiger charge is -2.35. The smallest absolute Gasteiger partial charge is 0.0765 e. The maximum atomic E-state index is 4.67. The molecule has 0 amide bonds. The third-order valence-electron chi connectivity index (χ3n) is 3.94. The number of likely N-dealkylation sites (N-methyl/N-ethyl adjacent to an activating group) is 1. The monoisotopic (exact) mass is 264 g/mol. The zero-order chi connectivity index (χ0) is 13.7. The topological polar surface area (TPSA) is 33.1 Å². The van der Waals surface area contributed by atoms with Crippen LogP contribution in [0.4, 0.5) is 0 Å². The molecule has 2 rings (SSSR count). The minimum atomic E-state index is 0.452. The molecule has 0 radical (unpaired) electrons. The zero-order valence-corrected chi connectivity index (χ0v) is 12.6. The average molecular weight is 264 g/mol. The van der Waals surface area contributed by atoms with Gasteiger partial charge in [-0.1, -0.05) is 13.3 Å².